The average Bonchev–Trinajstić information content (AvgIpc) is 3.96. The molecule has 0 aliphatic carbocycles. The molecule has 0 bridgehead atoms. The Hall–Kier alpha value is -5.24. The maximum atomic E-state index is 12.0. The zero-order valence-electron chi connectivity index (χ0n) is 30.2. The van der Waals surface area contributed by atoms with E-state index in [1.807, 2.05) is 0 Å². The third-order valence-electron chi connectivity index (χ3n) is 7.79. The molecule has 0 aromatic carbocycles. The fraction of sp³-hybridized carbons (Fsp3) is 0.515. The van der Waals surface area contributed by atoms with Gasteiger partial charge in [-0.3, -0.25) is 19.6 Å². The lowest BCUT2D eigenvalue weighted by Crippen LogP contribution is -2.45. The monoisotopic (exact) mass is 802 g/mol. The molecule has 2 amide bonds. The quantitative estimate of drug-likeness (QED) is 0.0961. The number of aliphatic hydroxyl groups excluding tert-OH is 7. The molecule has 8 atom stereocenters. The maximum Gasteiger partial charge on any atom is 0.335 e. The summed E-state index contributed by atoms with van der Waals surface area (Å²) in [6.45, 7) is 2.98. The Kier molecular flexibility index (Phi) is 24.1. The lowest BCUT2D eigenvalue weighted by atomic mass is 10.0. The van der Waals surface area contributed by atoms with Crippen LogP contribution in [0.5, 0.6) is 0 Å². The van der Waals surface area contributed by atoms with Crippen LogP contribution in [0.25, 0.3) is 0 Å². The summed E-state index contributed by atoms with van der Waals surface area (Å²) < 4.78 is 0. The molecule has 56 heavy (non-hydrogen) atoms. The van der Waals surface area contributed by atoms with E-state index in [4.69, 9.17) is 57.4 Å². The number of pyridine rings is 2. The summed E-state index contributed by atoms with van der Waals surface area (Å²) in [5, 5.41) is 92.1. The molecule has 2 aromatic rings. The Balaban J connectivity index is 0.000000733. The summed E-state index contributed by atoms with van der Waals surface area (Å²) in [5.41, 5.74) is 12.9. The van der Waals surface area contributed by atoms with Crippen molar-refractivity contribution in [1.29, 1.82) is 0 Å². The Labute approximate surface area is 319 Å². The number of rotatable bonds is 12. The largest absolute Gasteiger partial charge is 0.479 e. The number of carboxylic acids is 4. The lowest BCUT2D eigenvalue weighted by Gasteiger charge is -2.23. The highest BCUT2D eigenvalue weighted by atomic mass is 16.4. The van der Waals surface area contributed by atoms with Crippen LogP contribution >= 0.6 is 0 Å². The number of aromatic nitrogens is 2. The Morgan fingerprint density at radius 1 is 0.500 bits per heavy atom. The summed E-state index contributed by atoms with van der Waals surface area (Å²) in [4.78, 5) is 74.2. The number of amides is 2. The minimum atomic E-state index is -2.27. The van der Waals surface area contributed by atoms with Crippen LogP contribution < -0.4 is 11.5 Å². The third kappa shape index (κ3) is 17.1. The van der Waals surface area contributed by atoms with Crippen molar-refractivity contribution in [2.75, 3.05) is 33.3 Å². The number of hydrogen-bond acceptors (Lipinski definition) is 17. The van der Waals surface area contributed by atoms with Gasteiger partial charge < -0.3 is 77.4 Å². The van der Waals surface area contributed by atoms with Crippen LogP contribution in [0.15, 0.2) is 49.1 Å². The molecule has 2 aliphatic rings. The summed E-state index contributed by atoms with van der Waals surface area (Å²) in [5.74, 6) is -7.42. The molecule has 2 aromatic heterocycles. The van der Waals surface area contributed by atoms with Crippen LogP contribution in [0.3, 0.4) is 0 Å². The molecule has 23 nitrogen and oxygen atoms in total. The van der Waals surface area contributed by atoms with Crippen molar-refractivity contribution in [3.05, 3.63) is 60.2 Å². The van der Waals surface area contributed by atoms with Gasteiger partial charge in [0.25, 0.3) is 0 Å². The van der Waals surface area contributed by atoms with E-state index in [0.717, 1.165) is 59.0 Å². The first kappa shape index (κ1) is 50.8. The fourth-order valence-corrected chi connectivity index (χ4v) is 4.64. The van der Waals surface area contributed by atoms with Gasteiger partial charge in [0.05, 0.1) is 0 Å². The number of likely N-dealkylation sites (tertiary alicyclic amines) is 2. The minimum absolute atomic E-state index is 0.174. The highest BCUT2D eigenvalue weighted by Gasteiger charge is 2.32. The van der Waals surface area contributed by atoms with Gasteiger partial charge in [0.15, 0.2) is 24.4 Å². The molecular formula is C33H50N6O17. The van der Waals surface area contributed by atoms with Crippen molar-refractivity contribution in [3.63, 3.8) is 0 Å². The van der Waals surface area contributed by atoms with Crippen LogP contribution in [0, 0.1) is 0 Å². The van der Waals surface area contributed by atoms with E-state index in [-0.39, 0.29) is 11.8 Å². The van der Waals surface area contributed by atoms with Crippen molar-refractivity contribution in [2.45, 2.75) is 74.4 Å². The number of carbonyl (C=O) groups is 6. The fourth-order valence-electron chi connectivity index (χ4n) is 4.64. The zero-order chi connectivity index (χ0) is 43.1. The predicted molar refractivity (Wildman–Crippen MR) is 189 cm³/mol. The number of carbonyl (C=O) groups excluding carboxylic acids is 2. The summed E-state index contributed by atoms with van der Waals surface area (Å²) in [7, 11) is 1.00. The van der Waals surface area contributed by atoms with Gasteiger partial charge in [-0.15, -0.1) is 0 Å². The highest BCUT2D eigenvalue weighted by molar-refractivity contribution is 5.84. The van der Waals surface area contributed by atoms with Gasteiger partial charge in [-0.25, -0.2) is 19.2 Å². The first-order valence-corrected chi connectivity index (χ1v) is 16.7. The second kappa shape index (κ2) is 26.5. The standard InChI is InChI=1S/2C12H17N3O2.2C4H6O6.CH4O/c2*13-10(12(17)15-7-1-2-8-15)11(16)9-3-5-14-6-4-9;2*5-1(3(7)8)2(6)4(9)10;1-2/h2*3-6,10-11,16H,1-2,7-8,13H2;2*1-2,5-6H,(H,7,8)(H,9,10);2H,1H3/t2*10-,11+;2*1-,2-;/m1111./s1. The molecule has 4 heterocycles. The SMILES string of the molecule is CO.N[C@@H](C(=O)N1CCCC1)[C@@H](O)c1ccncc1.N[C@@H](C(=O)N1CCCC1)[C@@H](O)c1ccncc1.O=C(O)[C@H](O)[C@@H](O)C(=O)O.O=C(O)[C@H](O)[C@@H](O)C(=O)O. The molecule has 0 radical (unpaired) electrons. The molecule has 2 saturated heterocycles. The van der Waals surface area contributed by atoms with Gasteiger partial charge in [-0.05, 0) is 61.1 Å². The van der Waals surface area contributed by atoms with Gasteiger partial charge in [0.1, 0.15) is 24.3 Å². The first-order valence-electron chi connectivity index (χ1n) is 16.7. The van der Waals surface area contributed by atoms with Crippen LogP contribution in [0.4, 0.5) is 0 Å². The van der Waals surface area contributed by atoms with Crippen molar-refractivity contribution in [1.82, 2.24) is 19.8 Å². The van der Waals surface area contributed by atoms with E-state index < -0.39 is 72.6 Å². The maximum absolute atomic E-state index is 12.0. The Bertz CT molecular complexity index is 1350. The second-order valence-electron chi connectivity index (χ2n) is 11.7. The molecular weight excluding hydrogens is 752 g/mol. The van der Waals surface area contributed by atoms with E-state index in [1.54, 1.807) is 58.9 Å². The molecule has 0 spiro atoms. The first-order chi connectivity index (χ1) is 26.3. The van der Waals surface area contributed by atoms with E-state index in [2.05, 4.69) is 9.97 Å². The average molecular weight is 803 g/mol. The van der Waals surface area contributed by atoms with Crippen LogP contribution in [-0.2, 0) is 28.8 Å². The van der Waals surface area contributed by atoms with Crippen molar-refractivity contribution in [2.24, 2.45) is 11.5 Å². The molecule has 2 fully saturated rings. The van der Waals surface area contributed by atoms with Crippen molar-refractivity contribution in [3.8, 4) is 0 Å². The number of nitrogens with two attached hydrogens (primary N) is 2. The summed E-state index contributed by atoms with van der Waals surface area (Å²) >= 11 is 0. The van der Waals surface area contributed by atoms with E-state index in [9.17, 15) is 39.0 Å². The van der Waals surface area contributed by atoms with Gasteiger partial charge in [-0.1, -0.05) is 0 Å². The van der Waals surface area contributed by atoms with Crippen molar-refractivity contribution >= 4 is 35.7 Å². The normalized spacial score (nSPS) is 17.3. The molecule has 0 unspecified atom stereocenters. The Morgan fingerprint density at radius 3 is 0.911 bits per heavy atom. The Morgan fingerprint density at radius 2 is 0.714 bits per heavy atom. The predicted octanol–water partition coefficient (Wildman–Crippen LogP) is -4.51. The molecule has 4 rings (SSSR count). The highest BCUT2D eigenvalue weighted by Crippen LogP contribution is 2.19. The van der Waals surface area contributed by atoms with Gasteiger partial charge in [-0.2, -0.15) is 0 Å². The zero-order valence-corrected chi connectivity index (χ0v) is 30.2. The molecule has 15 N–H and O–H groups in total. The number of aliphatic hydroxyl groups is 7. The number of nitrogens with zero attached hydrogens (tertiary/aromatic N) is 4. The topological polar surface area (TPSA) is 409 Å². The molecule has 23 heteroatoms. The van der Waals surface area contributed by atoms with Crippen LogP contribution in [0.2, 0.25) is 0 Å². The molecule has 2 aliphatic heterocycles. The van der Waals surface area contributed by atoms with E-state index in [0.29, 0.717) is 11.1 Å². The number of carboxylic acid groups (broad SMARTS) is 4. The van der Waals surface area contributed by atoms with Crippen LogP contribution in [0.1, 0.15) is 49.0 Å². The van der Waals surface area contributed by atoms with Crippen LogP contribution in [-0.4, -0.2) is 181 Å². The summed E-state index contributed by atoms with van der Waals surface area (Å²) in [6, 6.07) is 4.89. The van der Waals surface area contributed by atoms with Gasteiger partial charge in [0.2, 0.25) is 11.8 Å². The number of hydrogen-bond donors (Lipinski definition) is 13. The second-order valence-corrected chi connectivity index (χ2v) is 11.7. The van der Waals surface area contributed by atoms with E-state index >= 15 is 0 Å². The molecule has 0 saturated carbocycles. The number of aliphatic carboxylic acids is 4. The lowest BCUT2D eigenvalue weighted by molar-refractivity contribution is -0.165. The molecule has 314 valence electrons. The van der Waals surface area contributed by atoms with Crippen molar-refractivity contribution < 1.29 is 84.9 Å². The summed E-state index contributed by atoms with van der Waals surface area (Å²) in [6.07, 6.45) is -0.627. The third-order valence-corrected chi connectivity index (χ3v) is 7.79. The smallest absolute Gasteiger partial charge is 0.335 e. The minimum Gasteiger partial charge on any atom is -0.479 e. The van der Waals surface area contributed by atoms with E-state index in [1.165, 1.54) is 0 Å². The van der Waals surface area contributed by atoms with Gasteiger partial charge in [0, 0.05) is 58.1 Å². The van der Waals surface area contributed by atoms with Gasteiger partial charge >= 0.3 is 23.9 Å².